The zero-order chi connectivity index (χ0) is 25.6. The number of hydrogen-bond donors (Lipinski definition) is 1. The summed E-state index contributed by atoms with van der Waals surface area (Å²) in [6, 6.07) is 6.72. The average Bonchev–Trinajstić information content (AvgIpc) is 3.47. The molecule has 11 heteroatoms. The Morgan fingerprint density at radius 2 is 2.03 bits per heavy atom. The van der Waals surface area contributed by atoms with Gasteiger partial charge in [-0.1, -0.05) is 25.1 Å². The van der Waals surface area contributed by atoms with Gasteiger partial charge in [0.1, 0.15) is 17.2 Å². The number of aromatic nitrogens is 4. The quantitative estimate of drug-likeness (QED) is 0.440. The molecular weight excluding hydrogens is 467 g/mol. The predicted molar refractivity (Wildman–Crippen MR) is 128 cm³/mol. The van der Waals surface area contributed by atoms with Crippen molar-refractivity contribution in [2.24, 2.45) is 0 Å². The molecule has 1 N–H and O–H groups in total. The lowest BCUT2D eigenvalue weighted by molar-refractivity contribution is 0.0857. The molecule has 0 unspecified atom stereocenters. The fourth-order valence-electron chi connectivity index (χ4n) is 4.06. The second kappa shape index (κ2) is 9.06. The number of halogens is 1. The number of fused-ring (bicyclic) bond motifs is 1. The molecule has 5 rings (SSSR count). The van der Waals surface area contributed by atoms with Crippen LogP contribution in [-0.4, -0.2) is 56.6 Å². The summed E-state index contributed by atoms with van der Waals surface area (Å²) in [6.07, 6.45) is 2.96. The lowest BCUT2D eigenvalue weighted by Crippen LogP contribution is -2.48. The summed E-state index contributed by atoms with van der Waals surface area (Å²) in [4.78, 5) is 34.9. The number of hydrogen-bond acceptors (Lipinski definition) is 7. The molecule has 0 aliphatic carbocycles. The Morgan fingerprint density at radius 3 is 2.75 bits per heavy atom. The standard InChI is InChI=1S/C25H25FN6O4/c1-13(2)15-5-6-21-27-9-20(32(21)12-15)23(33)28-19-8-16(7-18(26)14(19)3)24-29-22(30-36-24)17-10-31(11-17)25(34)35-4/h5-9,12-13,17H,10-11H2,1-4H3,(H,28,33). The SMILES string of the molecule is COC(=O)N1CC(c2noc(-c3cc(F)c(C)c(NC(=O)c4cnc5ccc(C(C)C)cn45)c3)n2)C1. The number of carbonyl (C=O) groups excluding carboxylic acids is 2. The van der Waals surface area contributed by atoms with Crippen molar-refractivity contribution in [2.75, 3.05) is 25.5 Å². The maximum Gasteiger partial charge on any atom is 0.409 e. The summed E-state index contributed by atoms with van der Waals surface area (Å²) in [5, 5.41) is 6.78. The molecule has 0 radical (unpaired) electrons. The number of pyridine rings is 1. The van der Waals surface area contributed by atoms with Crippen LogP contribution in [0.3, 0.4) is 0 Å². The van der Waals surface area contributed by atoms with Crippen LogP contribution in [0.15, 0.2) is 41.2 Å². The van der Waals surface area contributed by atoms with E-state index < -0.39 is 17.8 Å². The first-order valence-electron chi connectivity index (χ1n) is 11.5. The number of nitrogens with one attached hydrogen (secondary N) is 1. The number of amides is 2. The van der Waals surface area contributed by atoms with Crippen LogP contribution >= 0.6 is 0 Å². The van der Waals surface area contributed by atoms with Crippen LogP contribution in [0.25, 0.3) is 17.1 Å². The molecule has 0 spiro atoms. The maximum absolute atomic E-state index is 14.8. The molecule has 3 aromatic heterocycles. The molecule has 2 amide bonds. The fourth-order valence-corrected chi connectivity index (χ4v) is 4.06. The van der Waals surface area contributed by atoms with Crippen molar-refractivity contribution in [1.82, 2.24) is 24.4 Å². The van der Waals surface area contributed by atoms with Crippen LogP contribution in [0.2, 0.25) is 0 Å². The number of methoxy groups -OCH3 is 1. The largest absolute Gasteiger partial charge is 0.453 e. The molecule has 186 valence electrons. The summed E-state index contributed by atoms with van der Waals surface area (Å²) < 4.78 is 26.6. The zero-order valence-electron chi connectivity index (χ0n) is 20.3. The molecule has 0 atom stereocenters. The van der Waals surface area contributed by atoms with E-state index in [4.69, 9.17) is 4.52 Å². The van der Waals surface area contributed by atoms with Crippen molar-refractivity contribution in [3.05, 3.63) is 65.1 Å². The summed E-state index contributed by atoms with van der Waals surface area (Å²) in [6.45, 7) is 6.53. The molecule has 0 bridgehead atoms. The molecule has 1 fully saturated rings. The molecule has 1 aliphatic heterocycles. The highest BCUT2D eigenvalue weighted by molar-refractivity contribution is 6.04. The Balaban J connectivity index is 1.39. The Labute approximate surface area is 206 Å². The lowest BCUT2D eigenvalue weighted by atomic mass is 10.0. The molecule has 1 aromatic carbocycles. The minimum atomic E-state index is -0.525. The van der Waals surface area contributed by atoms with Gasteiger partial charge in [0.05, 0.1) is 19.2 Å². The van der Waals surface area contributed by atoms with Crippen LogP contribution in [-0.2, 0) is 4.74 Å². The summed E-state index contributed by atoms with van der Waals surface area (Å²) in [7, 11) is 1.32. The first kappa shape index (κ1) is 23.5. The van der Waals surface area contributed by atoms with E-state index in [0.717, 1.165) is 5.56 Å². The molecule has 4 heterocycles. The Morgan fingerprint density at radius 1 is 1.25 bits per heavy atom. The Hall–Kier alpha value is -4.28. The summed E-state index contributed by atoms with van der Waals surface area (Å²) in [5.74, 6) is -0.226. The number of imidazole rings is 1. The van der Waals surface area contributed by atoms with Crippen LogP contribution < -0.4 is 5.32 Å². The highest BCUT2D eigenvalue weighted by Crippen LogP contribution is 2.31. The summed E-state index contributed by atoms with van der Waals surface area (Å²) in [5.41, 5.74) is 2.92. The third kappa shape index (κ3) is 4.16. The first-order chi connectivity index (χ1) is 17.2. The highest BCUT2D eigenvalue weighted by atomic mass is 19.1. The molecule has 1 saturated heterocycles. The average molecular weight is 493 g/mol. The molecule has 1 aliphatic rings. The van der Waals surface area contributed by atoms with E-state index in [9.17, 15) is 14.0 Å². The van der Waals surface area contributed by atoms with Gasteiger partial charge in [-0.2, -0.15) is 4.98 Å². The monoisotopic (exact) mass is 492 g/mol. The Bertz CT molecular complexity index is 1470. The third-order valence-electron chi connectivity index (χ3n) is 6.39. The van der Waals surface area contributed by atoms with E-state index in [1.807, 2.05) is 18.3 Å². The highest BCUT2D eigenvalue weighted by Gasteiger charge is 2.35. The van der Waals surface area contributed by atoms with Crippen LogP contribution in [0.4, 0.5) is 14.9 Å². The smallest absolute Gasteiger partial charge is 0.409 e. The normalized spacial score (nSPS) is 13.8. The minimum Gasteiger partial charge on any atom is -0.453 e. The number of anilines is 1. The van der Waals surface area contributed by atoms with Gasteiger partial charge in [-0.25, -0.2) is 14.2 Å². The molecule has 4 aromatic rings. The topological polar surface area (TPSA) is 115 Å². The second-order valence-corrected chi connectivity index (χ2v) is 9.10. The molecule has 0 saturated carbocycles. The van der Waals surface area contributed by atoms with Crippen LogP contribution in [0, 0.1) is 12.7 Å². The van der Waals surface area contributed by atoms with Crippen molar-refractivity contribution in [1.29, 1.82) is 0 Å². The van der Waals surface area contributed by atoms with E-state index in [2.05, 4.69) is 39.0 Å². The van der Waals surface area contributed by atoms with Gasteiger partial charge in [0.25, 0.3) is 11.8 Å². The van der Waals surface area contributed by atoms with Gasteiger partial charge >= 0.3 is 6.09 Å². The van der Waals surface area contributed by atoms with Gasteiger partial charge in [-0.3, -0.25) is 9.20 Å². The fraction of sp³-hybridized carbons (Fsp3) is 0.320. The molecule has 10 nitrogen and oxygen atoms in total. The van der Waals surface area contributed by atoms with Crippen LogP contribution in [0.5, 0.6) is 0 Å². The summed E-state index contributed by atoms with van der Waals surface area (Å²) >= 11 is 0. The van der Waals surface area contributed by atoms with Gasteiger partial charge in [0.2, 0.25) is 0 Å². The van der Waals surface area contributed by atoms with Crippen molar-refractivity contribution in [3.8, 4) is 11.5 Å². The van der Waals surface area contributed by atoms with E-state index in [0.29, 0.717) is 35.8 Å². The van der Waals surface area contributed by atoms with Crippen LogP contribution in [0.1, 0.15) is 53.1 Å². The molecule has 36 heavy (non-hydrogen) atoms. The van der Waals surface area contributed by atoms with Gasteiger partial charge in [0, 0.05) is 36.1 Å². The van der Waals surface area contributed by atoms with Gasteiger partial charge in [-0.05, 0) is 36.6 Å². The number of carbonyl (C=O) groups is 2. The Kier molecular flexibility index (Phi) is 5.91. The minimum absolute atomic E-state index is 0.0954. The lowest BCUT2D eigenvalue weighted by Gasteiger charge is -2.35. The van der Waals surface area contributed by atoms with E-state index >= 15 is 0 Å². The number of nitrogens with zero attached hydrogens (tertiary/aromatic N) is 5. The van der Waals surface area contributed by atoms with Crippen molar-refractivity contribution < 1.29 is 23.2 Å². The van der Waals surface area contributed by atoms with E-state index in [-0.39, 0.29) is 29.0 Å². The van der Waals surface area contributed by atoms with Crippen molar-refractivity contribution in [3.63, 3.8) is 0 Å². The van der Waals surface area contributed by atoms with E-state index in [1.54, 1.807) is 17.4 Å². The van der Waals surface area contributed by atoms with Crippen molar-refractivity contribution in [2.45, 2.75) is 32.6 Å². The zero-order valence-corrected chi connectivity index (χ0v) is 20.3. The van der Waals surface area contributed by atoms with Gasteiger partial charge in [0.15, 0.2) is 5.82 Å². The van der Waals surface area contributed by atoms with E-state index in [1.165, 1.54) is 24.3 Å². The number of rotatable bonds is 5. The van der Waals surface area contributed by atoms with Gasteiger partial charge < -0.3 is 19.5 Å². The predicted octanol–water partition coefficient (Wildman–Crippen LogP) is 4.37. The second-order valence-electron chi connectivity index (χ2n) is 9.10. The van der Waals surface area contributed by atoms with Crippen molar-refractivity contribution >= 4 is 23.3 Å². The first-order valence-corrected chi connectivity index (χ1v) is 11.5. The van der Waals surface area contributed by atoms with Gasteiger partial charge in [-0.15, -0.1) is 0 Å². The maximum atomic E-state index is 14.8. The number of likely N-dealkylation sites (tertiary alicyclic amines) is 1. The molecular formula is C25H25FN6O4. The number of ether oxygens (including phenoxy) is 1. The third-order valence-corrected chi connectivity index (χ3v) is 6.39. The number of benzene rings is 1.